The lowest BCUT2D eigenvalue weighted by Crippen LogP contribution is -2.39. The van der Waals surface area contributed by atoms with Crippen molar-refractivity contribution >= 4 is 10.9 Å². The van der Waals surface area contributed by atoms with Crippen molar-refractivity contribution in [1.29, 1.82) is 0 Å². The topological polar surface area (TPSA) is 88.9 Å². The number of nitrogens with one attached hydrogen (secondary N) is 1. The lowest BCUT2D eigenvalue weighted by molar-refractivity contribution is 0.110. The molecule has 1 atom stereocenters. The smallest absolute Gasteiger partial charge is 0.252 e. The molecule has 0 saturated heterocycles. The van der Waals surface area contributed by atoms with E-state index in [0.717, 1.165) is 60.1 Å². The summed E-state index contributed by atoms with van der Waals surface area (Å²) >= 11 is 0. The van der Waals surface area contributed by atoms with Crippen LogP contribution in [0.2, 0.25) is 0 Å². The molecule has 2 fully saturated rings. The molecule has 0 radical (unpaired) electrons. The van der Waals surface area contributed by atoms with Gasteiger partial charge in [0, 0.05) is 24.2 Å². The van der Waals surface area contributed by atoms with Crippen LogP contribution in [-0.4, -0.2) is 43.2 Å². The predicted molar refractivity (Wildman–Crippen MR) is 127 cm³/mol. The van der Waals surface area contributed by atoms with Gasteiger partial charge in [-0.15, -0.1) is 5.10 Å². The van der Waals surface area contributed by atoms with Gasteiger partial charge >= 0.3 is 0 Å². The SMILES string of the molecule is CC[C@@H](c1nnnn1C1CCCC1)N(Cc1cc2ccc(OC)cc2[nH]c1=O)C1CCCC1. The van der Waals surface area contributed by atoms with Gasteiger partial charge in [-0.1, -0.05) is 32.6 Å². The minimum absolute atomic E-state index is 0.0380. The first-order chi connectivity index (χ1) is 16.2. The second-order valence-electron chi connectivity index (χ2n) is 9.53. The van der Waals surface area contributed by atoms with Crippen LogP contribution in [0.4, 0.5) is 0 Å². The normalized spacial score (nSPS) is 18.5. The maximum atomic E-state index is 13.1. The highest BCUT2D eigenvalue weighted by atomic mass is 16.5. The molecule has 0 amide bonds. The Balaban J connectivity index is 1.50. The van der Waals surface area contributed by atoms with Crippen LogP contribution in [0.25, 0.3) is 10.9 Å². The summed E-state index contributed by atoms with van der Waals surface area (Å²) in [5, 5.41) is 14.0. The van der Waals surface area contributed by atoms with Crippen molar-refractivity contribution in [3.63, 3.8) is 0 Å². The van der Waals surface area contributed by atoms with Crippen LogP contribution in [0, 0.1) is 0 Å². The van der Waals surface area contributed by atoms with Gasteiger partial charge in [0.15, 0.2) is 5.82 Å². The second kappa shape index (κ2) is 9.63. The number of nitrogens with zero attached hydrogens (tertiary/aromatic N) is 5. The lowest BCUT2D eigenvalue weighted by atomic mass is 10.0. The average molecular weight is 451 g/mol. The number of rotatable bonds is 8. The van der Waals surface area contributed by atoms with Crippen LogP contribution in [0.5, 0.6) is 5.75 Å². The summed E-state index contributed by atoms with van der Waals surface area (Å²) in [6.45, 7) is 2.80. The highest BCUT2D eigenvalue weighted by Gasteiger charge is 2.34. The fourth-order valence-electron chi connectivity index (χ4n) is 5.79. The number of hydrogen-bond acceptors (Lipinski definition) is 6. The lowest BCUT2D eigenvalue weighted by Gasteiger charge is -2.35. The van der Waals surface area contributed by atoms with Crippen molar-refractivity contribution in [2.45, 2.75) is 89.4 Å². The summed E-state index contributed by atoms with van der Waals surface area (Å²) in [5.41, 5.74) is 1.55. The van der Waals surface area contributed by atoms with Crippen molar-refractivity contribution in [2.75, 3.05) is 7.11 Å². The molecule has 0 bridgehead atoms. The zero-order valence-electron chi connectivity index (χ0n) is 19.7. The van der Waals surface area contributed by atoms with Gasteiger partial charge < -0.3 is 9.72 Å². The van der Waals surface area contributed by atoms with Crippen LogP contribution in [-0.2, 0) is 6.54 Å². The monoisotopic (exact) mass is 450 g/mol. The fourth-order valence-corrected chi connectivity index (χ4v) is 5.79. The number of aromatic nitrogens is 5. The number of methoxy groups -OCH3 is 1. The summed E-state index contributed by atoms with van der Waals surface area (Å²) in [4.78, 5) is 18.7. The van der Waals surface area contributed by atoms with E-state index in [2.05, 4.69) is 37.0 Å². The molecule has 2 aliphatic carbocycles. The Morgan fingerprint density at radius 1 is 1.15 bits per heavy atom. The zero-order chi connectivity index (χ0) is 22.8. The molecule has 5 rings (SSSR count). The quantitative estimate of drug-likeness (QED) is 0.542. The van der Waals surface area contributed by atoms with Crippen molar-refractivity contribution in [1.82, 2.24) is 30.1 Å². The van der Waals surface area contributed by atoms with Gasteiger partial charge in [-0.3, -0.25) is 9.69 Å². The van der Waals surface area contributed by atoms with Gasteiger partial charge in [0.2, 0.25) is 0 Å². The Kier molecular flexibility index (Phi) is 6.44. The van der Waals surface area contributed by atoms with Crippen molar-refractivity contribution < 1.29 is 4.74 Å². The number of aromatic amines is 1. The van der Waals surface area contributed by atoms with Gasteiger partial charge in [-0.25, -0.2) is 4.68 Å². The number of ether oxygens (including phenoxy) is 1. The number of tetrazole rings is 1. The largest absolute Gasteiger partial charge is 0.497 e. The molecule has 0 aliphatic heterocycles. The average Bonchev–Trinajstić information content (AvgIpc) is 3.61. The first-order valence-electron chi connectivity index (χ1n) is 12.4. The summed E-state index contributed by atoms with van der Waals surface area (Å²) < 4.78 is 7.40. The molecule has 3 aromatic rings. The molecule has 2 heterocycles. The van der Waals surface area contributed by atoms with Crippen LogP contribution < -0.4 is 10.3 Å². The Morgan fingerprint density at radius 3 is 2.64 bits per heavy atom. The van der Waals surface area contributed by atoms with E-state index < -0.39 is 0 Å². The van der Waals surface area contributed by atoms with Crippen molar-refractivity contribution in [2.24, 2.45) is 0 Å². The standard InChI is InChI=1S/C25H34N6O2/c1-3-23(24-27-28-29-31(24)20-10-6-7-11-20)30(19-8-4-5-9-19)16-18-14-17-12-13-21(33-2)15-22(17)26-25(18)32/h12-15,19-20,23H,3-11,16H2,1-2H3,(H,26,32)/t23-/m0/s1. The number of hydrogen-bond donors (Lipinski definition) is 1. The van der Waals surface area contributed by atoms with Crippen LogP contribution in [0.3, 0.4) is 0 Å². The molecule has 33 heavy (non-hydrogen) atoms. The Labute approximate surface area is 194 Å². The number of H-pyrrole nitrogens is 1. The van der Waals surface area contributed by atoms with Crippen LogP contribution in [0.1, 0.15) is 88.2 Å². The Morgan fingerprint density at radius 2 is 1.91 bits per heavy atom. The Hall–Kier alpha value is -2.74. The van der Waals surface area contributed by atoms with Crippen LogP contribution in [0.15, 0.2) is 29.1 Å². The third kappa shape index (κ3) is 4.40. The van der Waals surface area contributed by atoms with Gasteiger partial charge in [-0.2, -0.15) is 0 Å². The summed E-state index contributed by atoms with van der Waals surface area (Å²) in [6, 6.07) is 8.77. The summed E-state index contributed by atoms with van der Waals surface area (Å²) in [5.74, 6) is 1.70. The van der Waals surface area contributed by atoms with Crippen molar-refractivity contribution in [3.8, 4) is 5.75 Å². The molecule has 2 aromatic heterocycles. The van der Waals surface area contributed by atoms with Gasteiger partial charge in [-0.05, 0) is 66.1 Å². The molecule has 8 heteroatoms. The molecular weight excluding hydrogens is 416 g/mol. The van der Waals surface area contributed by atoms with E-state index >= 15 is 0 Å². The number of benzene rings is 1. The fraction of sp³-hybridized carbons (Fsp3) is 0.600. The molecule has 176 valence electrons. The van der Waals surface area contributed by atoms with E-state index in [9.17, 15) is 4.79 Å². The van der Waals surface area contributed by atoms with E-state index in [1.165, 1.54) is 25.7 Å². The van der Waals surface area contributed by atoms with Gasteiger partial charge in [0.05, 0.1) is 24.7 Å². The Bertz CT molecular complexity index is 1140. The minimum atomic E-state index is -0.0380. The van der Waals surface area contributed by atoms with E-state index in [4.69, 9.17) is 4.74 Å². The predicted octanol–water partition coefficient (Wildman–Crippen LogP) is 4.53. The van der Waals surface area contributed by atoms with Gasteiger partial charge in [0.1, 0.15) is 5.75 Å². The third-order valence-corrected chi connectivity index (χ3v) is 7.55. The first-order valence-corrected chi connectivity index (χ1v) is 12.4. The second-order valence-corrected chi connectivity index (χ2v) is 9.53. The molecule has 1 N–H and O–H groups in total. The molecule has 2 aliphatic rings. The van der Waals surface area contributed by atoms with Gasteiger partial charge in [0.25, 0.3) is 5.56 Å². The van der Waals surface area contributed by atoms with Crippen LogP contribution >= 0.6 is 0 Å². The zero-order valence-corrected chi connectivity index (χ0v) is 19.7. The van der Waals surface area contributed by atoms with E-state index in [-0.39, 0.29) is 11.6 Å². The molecule has 1 aromatic carbocycles. The first kappa shape index (κ1) is 22.1. The van der Waals surface area contributed by atoms with E-state index in [1.54, 1.807) is 7.11 Å². The third-order valence-electron chi connectivity index (χ3n) is 7.55. The number of pyridine rings is 1. The highest BCUT2D eigenvalue weighted by Crippen LogP contribution is 2.36. The molecular formula is C25H34N6O2. The number of fused-ring (bicyclic) bond motifs is 1. The summed E-state index contributed by atoms with van der Waals surface area (Å²) in [6.07, 6.45) is 10.5. The van der Waals surface area contributed by atoms with Crippen molar-refractivity contribution in [3.05, 3.63) is 46.0 Å². The molecule has 2 saturated carbocycles. The highest BCUT2D eigenvalue weighted by molar-refractivity contribution is 5.80. The van der Waals surface area contributed by atoms with E-state index in [0.29, 0.717) is 18.6 Å². The minimum Gasteiger partial charge on any atom is -0.497 e. The maximum absolute atomic E-state index is 13.1. The maximum Gasteiger partial charge on any atom is 0.252 e. The molecule has 0 unspecified atom stereocenters. The summed E-state index contributed by atoms with van der Waals surface area (Å²) in [7, 11) is 1.64. The molecule has 0 spiro atoms. The van der Waals surface area contributed by atoms with E-state index in [1.807, 2.05) is 24.3 Å². The molecule has 8 nitrogen and oxygen atoms in total.